The summed E-state index contributed by atoms with van der Waals surface area (Å²) in [5.74, 6) is 0.281. The van der Waals surface area contributed by atoms with E-state index < -0.39 is 11.7 Å². The van der Waals surface area contributed by atoms with Gasteiger partial charge < -0.3 is 10.6 Å². The molecule has 1 heterocycles. The number of anilines is 1. The normalized spacial score (nSPS) is 21.0. The molecule has 21 heavy (non-hydrogen) atoms. The van der Waals surface area contributed by atoms with Crippen LogP contribution in [0.2, 0.25) is 0 Å². The Labute approximate surface area is 122 Å². The SMILES string of the molecule is CC(N)C1CCCN(c2ccc(C#N)c(C(F)(F)F)c2)C1. The highest BCUT2D eigenvalue weighted by atomic mass is 19.4. The van der Waals surface area contributed by atoms with Crippen molar-refractivity contribution in [1.82, 2.24) is 0 Å². The molecule has 0 aliphatic carbocycles. The van der Waals surface area contributed by atoms with Crippen LogP contribution in [0.15, 0.2) is 18.2 Å². The molecule has 1 saturated heterocycles. The molecule has 0 amide bonds. The van der Waals surface area contributed by atoms with Gasteiger partial charge >= 0.3 is 6.18 Å². The molecule has 0 spiro atoms. The lowest BCUT2D eigenvalue weighted by Gasteiger charge is -2.36. The first-order valence-electron chi connectivity index (χ1n) is 6.95. The van der Waals surface area contributed by atoms with Crippen molar-refractivity contribution >= 4 is 5.69 Å². The van der Waals surface area contributed by atoms with Crippen LogP contribution < -0.4 is 10.6 Å². The molecule has 6 heteroatoms. The number of hydrogen-bond acceptors (Lipinski definition) is 3. The van der Waals surface area contributed by atoms with Crippen LogP contribution in [-0.4, -0.2) is 19.1 Å². The lowest BCUT2D eigenvalue weighted by Crippen LogP contribution is -2.42. The third-order valence-corrected chi connectivity index (χ3v) is 4.00. The van der Waals surface area contributed by atoms with Crippen molar-refractivity contribution < 1.29 is 13.2 Å². The monoisotopic (exact) mass is 297 g/mol. The van der Waals surface area contributed by atoms with E-state index in [0.717, 1.165) is 18.9 Å². The number of alkyl halides is 3. The minimum Gasteiger partial charge on any atom is -0.371 e. The summed E-state index contributed by atoms with van der Waals surface area (Å²) in [5.41, 5.74) is 5.20. The van der Waals surface area contributed by atoms with Crippen LogP contribution in [0.5, 0.6) is 0 Å². The van der Waals surface area contributed by atoms with Gasteiger partial charge in [0.25, 0.3) is 0 Å². The maximum absolute atomic E-state index is 13.0. The van der Waals surface area contributed by atoms with E-state index in [1.165, 1.54) is 6.07 Å². The van der Waals surface area contributed by atoms with Gasteiger partial charge in [-0.05, 0) is 43.9 Å². The lowest BCUT2D eigenvalue weighted by molar-refractivity contribution is -0.137. The molecule has 0 radical (unpaired) electrons. The van der Waals surface area contributed by atoms with E-state index in [0.29, 0.717) is 18.8 Å². The number of nitrogens with two attached hydrogens (primary N) is 1. The first-order chi connectivity index (χ1) is 9.82. The summed E-state index contributed by atoms with van der Waals surface area (Å²) in [4.78, 5) is 1.92. The van der Waals surface area contributed by atoms with Crippen molar-refractivity contribution in [3.63, 3.8) is 0 Å². The van der Waals surface area contributed by atoms with Gasteiger partial charge in [0.05, 0.1) is 17.2 Å². The van der Waals surface area contributed by atoms with Crippen molar-refractivity contribution in [2.75, 3.05) is 18.0 Å². The Morgan fingerprint density at radius 2 is 2.14 bits per heavy atom. The van der Waals surface area contributed by atoms with E-state index in [4.69, 9.17) is 11.0 Å². The second-order valence-electron chi connectivity index (χ2n) is 5.55. The predicted molar refractivity (Wildman–Crippen MR) is 74.7 cm³/mol. The van der Waals surface area contributed by atoms with Crippen LogP contribution >= 0.6 is 0 Å². The zero-order chi connectivity index (χ0) is 15.6. The Morgan fingerprint density at radius 3 is 2.71 bits per heavy atom. The van der Waals surface area contributed by atoms with E-state index in [1.807, 2.05) is 11.8 Å². The van der Waals surface area contributed by atoms with E-state index in [9.17, 15) is 13.2 Å². The summed E-state index contributed by atoms with van der Waals surface area (Å²) in [6.45, 7) is 3.29. The van der Waals surface area contributed by atoms with Crippen molar-refractivity contribution in [3.05, 3.63) is 29.3 Å². The van der Waals surface area contributed by atoms with E-state index in [1.54, 1.807) is 12.1 Å². The zero-order valence-electron chi connectivity index (χ0n) is 11.8. The van der Waals surface area contributed by atoms with E-state index in [2.05, 4.69) is 0 Å². The molecule has 0 saturated carbocycles. The smallest absolute Gasteiger partial charge is 0.371 e. The number of piperidine rings is 1. The van der Waals surface area contributed by atoms with Gasteiger partial charge in [0.1, 0.15) is 0 Å². The highest BCUT2D eigenvalue weighted by Crippen LogP contribution is 2.35. The first-order valence-corrected chi connectivity index (χ1v) is 6.95. The highest BCUT2D eigenvalue weighted by molar-refractivity contribution is 5.55. The van der Waals surface area contributed by atoms with Crippen LogP contribution in [0.4, 0.5) is 18.9 Å². The van der Waals surface area contributed by atoms with Crippen molar-refractivity contribution in [1.29, 1.82) is 5.26 Å². The zero-order valence-corrected chi connectivity index (χ0v) is 11.8. The lowest BCUT2D eigenvalue weighted by atomic mass is 9.91. The molecule has 2 N–H and O–H groups in total. The summed E-state index contributed by atoms with van der Waals surface area (Å²) in [6.07, 6.45) is -2.61. The molecular formula is C15H18F3N3. The quantitative estimate of drug-likeness (QED) is 0.912. The van der Waals surface area contributed by atoms with Crippen molar-refractivity contribution in [2.24, 2.45) is 11.7 Å². The maximum atomic E-state index is 13.0. The van der Waals surface area contributed by atoms with Crippen LogP contribution in [0, 0.1) is 17.2 Å². The first kappa shape index (κ1) is 15.6. The number of hydrogen-bond donors (Lipinski definition) is 1. The summed E-state index contributed by atoms with van der Waals surface area (Å²) < 4.78 is 39.0. The fourth-order valence-corrected chi connectivity index (χ4v) is 2.73. The number of nitriles is 1. The third kappa shape index (κ3) is 3.48. The van der Waals surface area contributed by atoms with E-state index >= 15 is 0 Å². The third-order valence-electron chi connectivity index (χ3n) is 4.00. The molecule has 2 rings (SSSR count). The Kier molecular flexibility index (Phi) is 4.43. The largest absolute Gasteiger partial charge is 0.417 e. The Morgan fingerprint density at radius 1 is 1.43 bits per heavy atom. The molecule has 3 nitrogen and oxygen atoms in total. The second kappa shape index (κ2) is 5.94. The summed E-state index contributed by atoms with van der Waals surface area (Å²) in [5, 5.41) is 8.82. The molecule has 2 unspecified atom stereocenters. The van der Waals surface area contributed by atoms with Crippen molar-refractivity contribution in [2.45, 2.75) is 32.0 Å². The minimum atomic E-state index is -4.52. The summed E-state index contributed by atoms with van der Waals surface area (Å²) in [6, 6.07) is 5.52. The van der Waals surface area contributed by atoms with Crippen LogP contribution in [0.1, 0.15) is 30.9 Å². The van der Waals surface area contributed by atoms with Gasteiger partial charge in [0.15, 0.2) is 0 Å². The minimum absolute atomic E-state index is 0.0215. The Bertz CT molecular complexity index is 546. The molecule has 0 aromatic heterocycles. The van der Waals surface area contributed by atoms with Gasteiger partial charge in [-0.2, -0.15) is 18.4 Å². The highest BCUT2D eigenvalue weighted by Gasteiger charge is 2.34. The second-order valence-corrected chi connectivity index (χ2v) is 5.55. The fourth-order valence-electron chi connectivity index (χ4n) is 2.73. The fraction of sp³-hybridized carbons (Fsp3) is 0.533. The van der Waals surface area contributed by atoms with Gasteiger partial charge in [0.2, 0.25) is 0 Å². The van der Waals surface area contributed by atoms with Crippen LogP contribution in [0.3, 0.4) is 0 Å². The topological polar surface area (TPSA) is 53.0 Å². The summed E-state index contributed by atoms with van der Waals surface area (Å²) in [7, 11) is 0. The number of nitrogens with zero attached hydrogens (tertiary/aromatic N) is 2. The van der Waals surface area contributed by atoms with Gasteiger partial charge in [-0.25, -0.2) is 0 Å². The van der Waals surface area contributed by atoms with Crippen LogP contribution in [-0.2, 0) is 6.18 Å². The average molecular weight is 297 g/mol. The molecule has 1 aromatic carbocycles. The molecule has 1 fully saturated rings. The van der Waals surface area contributed by atoms with Gasteiger partial charge in [-0.3, -0.25) is 0 Å². The molecule has 1 aliphatic rings. The molecule has 114 valence electrons. The molecule has 1 aliphatic heterocycles. The number of halogens is 3. The average Bonchev–Trinajstić information content (AvgIpc) is 2.45. The molecule has 2 atom stereocenters. The number of rotatable bonds is 2. The van der Waals surface area contributed by atoms with Gasteiger partial charge in [-0.1, -0.05) is 0 Å². The maximum Gasteiger partial charge on any atom is 0.417 e. The number of benzene rings is 1. The van der Waals surface area contributed by atoms with Gasteiger partial charge in [0, 0.05) is 24.8 Å². The Hall–Kier alpha value is -1.74. The molecule has 1 aromatic rings. The summed E-state index contributed by atoms with van der Waals surface area (Å²) >= 11 is 0. The standard InChI is InChI=1S/C15H18F3N3/c1-10(20)12-3-2-6-21(9-12)13-5-4-11(8-19)14(7-13)15(16,17)18/h4-5,7,10,12H,2-3,6,9,20H2,1H3. The Balaban J connectivity index is 2.31. The van der Waals surface area contributed by atoms with Crippen molar-refractivity contribution in [3.8, 4) is 6.07 Å². The van der Waals surface area contributed by atoms with Crippen LogP contribution in [0.25, 0.3) is 0 Å². The van der Waals surface area contributed by atoms with E-state index in [-0.39, 0.29) is 17.5 Å². The molecule has 0 bridgehead atoms. The predicted octanol–water partition coefficient (Wildman–Crippen LogP) is 3.14. The molecular weight excluding hydrogens is 279 g/mol. The van der Waals surface area contributed by atoms with Gasteiger partial charge in [-0.15, -0.1) is 0 Å².